The molecule has 1 amide bonds. The molecule has 176 valence electrons. The smallest absolute Gasteiger partial charge is 0.338 e. The van der Waals surface area contributed by atoms with Gasteiger partial charge in [-0.1, -0.05) is 41.6 Å². The van der Waals surface area contributed by atoms with E-state index < -0.39 is 6.04 Å². The van der Waals surface area contributed by atoms with Crippen molar-refractivity contribution in [2.45, 2.75) is 46.7 Å². The molecular weight excluding hydrogens is 448 g/mol. The third kappa shape index (κ3) is 4.92. The number of amides is 1. The van der Waals surface area contributed by atoms with Crippen LogP contribution < -0.4 is 5.32 Å². The van der Waals surface area contributed by atoms with Crippen LogP contribution in [0.4, 0.5) is 0 Å². The lowest BCUT2D eigenvalue weighted by molar-refractivity contribution is -0.139. The first-order valence-electron chi connectivity index (χ1n) is 11.2. The van der Waals surface area contributed by atoms with E-state index >= 15 is 0 Å². The number of fused-ring (bicyclic) bond motifs is 1. The molecule has 3 heterocycles. The maximum absolute atomic E-state index is 13.1. The van der Waals surface area contributed by atoms with Crippen LogP contribution in [0, 0.1) is 13.8 Å². The van der Waals surface area contributed by atoms with Gasteiger partial charge in [0.2, 0.25) is 5.91 Å². The Labute approximate surface area is 204 Å². The Balaban J connectivity index is 1.64. The van der Waals surface area contributed by atoms with Crippen molar-refractivity contribution in [2.75, 3.05) is 6.61 Å². The Morgan fingerprint density at radius 3 is 2.74 bits per heavy atom. The van der Waals surface area contributed by atoms with Gasteiger partial charge < -0.3 is 15.0 Å². The highest BCUT2D eigenvalue weighted by molar-refractivity contribution is 8.16. The van der Waals surface area contributed by atoms with E-state index in [-0.39, 0.29) is 24.9 Å². The fraction of sp³-hybridized carbons (Fsp3) is 0.308. The molecule has 2 aromatic rings. The monoisotopic (exact) mass is 476 g/mol. The zero-order valence-electron chi connectivity index (χ0n) is 19.8. The molecule has 2 aliphatic heterocycles. The second-order valence-corrected chi connectivity index (χ2v) is 9.12. The number of aryl methyl sites for hydroxylation is 2. The van der Waals surface area contributed by atoms with Gasteiger partial charge in [-0.2, -0.15) is 0 Å². The van der Waals surface area contributed by atoms with Crippen LogP contribution in [-0.2, 0) is 20.9 Å². The number of allylic oxidation sites excluding steroid dienone is 1. The summed E-state index contributed by atoms with van der Waals surface area (Å²) in [6.45, 7) is 8.40. The van der Waals surface area contributed by atoms with Crippen molar-refractivity contribution < 1.29 is 14.3 Å². The van der Waals surface area contributed by atoms with E-state index in [9.17, 15) is 9.59 Å². The minimum absolute atomic E-state index is 0.111. The minimum Gasteiger partial charge on any atom is -0.463 e. The number of nitrogens with zero attached hydrogens (tertiary/aromatic N) is 3. The molecule has 0 saturated heterocycles. The molecule has 1 atom stereocenters. The molecule has 1 aromatic heterocycles. The molecule has 0 bridgehead atoms. The summed E-state index contributed by atoms with van der Waals surface area (Å²) in [5, 5.41) is 5.66. The zero-order valence-corrected chi connectivity index (χ0v) is 20.6. The lowest BCUT2D eigenvalue weighted by Gasteiger charge is -2.37. The molecule has 2 aliphatic rings. The van der Waals surface area contributed by atoms with E-state index in [4.69, 9.17) is 9.73 Å². The van der Waals surface area contributed by atoms with Gasteiger partial charge in [-0.15, -0.1) is 0 Å². The molecule has 0 spiro atoms. The predicted molar refractivity (Wildman–Crippen MR) is 134 cm³/mol. The number of hydrogen-bond acceptors (Lipinski definition) is 7. The van der Waals surface area contributed by atoms with Gasteiger partial charge in [0.25, 0.3) is 0 Å². The number of esters is 1. The third-order valence-electron chi connectivity index (χ3n) is 5.77. The predicted octanol–water partition coefficient (Wildman–Crippen LogP) is 4.54. The summed E-state index contributed by atoms with van der Waals surface area (Å²) in [6, 6.07) is 9.54. The number of aromatic nitrogens is 1. The van der Waals surface area contributed by atoms with Gasteiger partial charge >= 0.3 is 5.97 Å². The first-order chi connectivity index (χ1) is 16.4. The van der Waals surface area contributed by atoms with Gasteiger partial charge in [0, 0.05) is 24.6 Å². The second-order valence-electron chi connectivity index (χ2n) is 8.29. The maximum atomic E-state index is 13.1. The maximum Gasteiger partial charge on any atom is 0.338 e. The van der Waals surface area contributed by atoms with E-state index in [1.165, 1.54) is 11.8 Å². The summed E-state index contributed by atoms with van der Waals surface area (Å²) >= 11 is 1.47. The minimum atomic E-state index is -0.417. The highest BCUT2D eigenvalue weighted by Crippen LogP contribution is 2.45. The van der Waals surface area contributed by atoms with E-state index in [2.05, 4.69) is 16.4 Å². The molecule has 0 fully saturated rings. The third-order valence-corrected chi connectivity index (χ3v) is 6.66. The molecule has 8 heteroatoms. The van der Waals surface area contributed by atoms with Crippen molar-refractivity contribution in [3.63, 3.8) is 0 Å². The first-order valence-corrected chi connectivity index (χ1v) is 12.1. The van der Waals surface area contributed by atoms with Gasteiger partial charge in [0.05, 0.1) is 30.3 Å². The van der Waals surface area contributed by atoms with Crippen LogP contribution in [0.5, 0.6) is 0 Å². The number of amidine groups is 1. The number of nitrogens with one attached hydrogen (secondary N) is 1. The van der Waals surface area contributed by atoms with Crippen molar-refractivity contribution >= 4 is 28.8 Å². The molecule has 0 aliphatic carbocycles. The standard InChI is InChI=1S/C26H28N4O3S/c1-5-33-25(32)23-18(4)29-26-30(24(23)21-9-8-16(2)11-17(21)3)20(15-34-26)12-22(31)28-14-19-7-6-10-27-13-19/h6-11,13,15,24H,5,12,14H2,1-4H3,(H,28,31). The number of aliphatic imine (C=N–C) groups is 1. The van der Waals surface area contributed by atoms with Crippen LogP contribution in [0.2, 0.25) is 0 Å². The number of pyridine rings is 1. The first kappa shape index (κ1) is 23.8. The summed E-state index contributed by atoms with van der Waals surface area (Å²) in [6.07, 6.45) is 3.60. The zero-order chi connectivity index (χ0) is 24.2. The normalized spacial score (nSPS) is 17.2. The van der Waals surface area contributed by atoms with Gasteiger partial charge in [-0.25, -0.2) is 9.79 Å². The molecule has 7 nitrogen and oxygen atoms in total. The Morgan fingerprint density at radius 1 is 1.21 bits per heavy atom. The topological polar surface area (TPSA) is 83.9 Å². The molecule has 1 unspecified atom stereocenters. The van der Waals surface area contributed by atoms with Crippen LogP contribution in [0.25, 0.3) is 0 Å². The Bertz CT molecular complexity index is 1200. The van der Waals surface area contributed by atoms with Crippen molar-refractivity contribution in [2.24, 2.45) is 4.99 Å². The van der Waals surface area contributed by atoms with Gasteiger partial charge in [-0.05, 0) is 55.9 Å². The SMILES string of the molecule is CCOC(=O)C1=C(C)N=C2SC=C(CC(=O)NCc3cccnc3)N2C1c1ccc(C)cc1C. The summed E-state index contributed by atoms with van der Waals surface area (Å²) in [5.74, 6) is -0.495. The Morgan fingerprint density at radius 2 is 2.03 bits per heavy atom. The molecule has 0 radical (unpaired) electrons. The number of hydrogen-bond donors (Lipinski definition) is 1. The van der Waals surface area contributed by atoms with Crippen molar-refractivity contribution in [1.29, 1.82) is 0 Å². The van der Waals surface area contributed by atoms with Crippen molar-refractivity contribution in [1.82, 2.24) is 15.2 Å². The van der Waals surface area contributed by atoms with E-state index in [1.54, 1.807) is 19.3 Å². The molecule has 1 N–H and O–H groups in total. The Kier molecular flexibility index (Phi) is 7.17. The van der Waals surface area contributed by atoms with Crippen LogP contribution in [0.15, 0.2) is 70.1 Å². The summed E-state index contributed by atoms with van der Waals surface area (Å²) in [5.41, 5.74) is 6.07. The van der Waals surface area contributed by atoms with Crippen LogP contribution in [-0.4, -0.2) is 33.5 Å². The van der Waals surface area contributed by atoms with Crippen LogP contribution in [0.1, 0.15) is 48.6 Å². The summed E-state index contributed by atoms with van der Waals surface area (Å²) < 4.78 is 5.42. The number of carbonyl (C=O) groups is 2. The van der Waals surface area contributed by atoms with E-state index in [0.29, 0.717) is 17.8 Å². The highest BCUT2D eigenvalue weighted by Gasteiger charge is 2.41. The van der Waals surface area contributed by atoms with Gasteiger partial charge in [0.1, 0.15) is 0 Å². The summed E-state index contributed by atoms with van der Waals surface area (Å²) in [4.78, 5) is 36.7. The fourth-order valence-corrected chi connectivity index (χ4v) is 5.16. The quantitative estimate of drug-likeness (QED) is 0.591. The average Bonchev–Trinajstić information content (AvgIpc) is 3.19. The van der Waals surface area contributed by atoms with E-state index in [1.807, 2.05) is 55.3 Å². The molecular formula is C26H28N4O3S. The summed E-state index contributed by atoms with van der Waals surface area (Å²) in [7, 11) is 0. The van der Waals surface area contributed by atoms with Crippen LogP contribution >= 0.6 is 11.8 Å². The number of thioether (sulfide) groups is 1. The van der Waals surface area contributed by atoms with Crippen LogP contribution in [0.3, 0.4) is 0 Å². The van der Waals surface area contributed by atoms with Crippen molar-refractivity contribution in [3.8, 4) is 0 Å². The number of carbonyl (C=O) groups excluding carboxylic acids is 2. The molecule has 1 aromatic carbocycles. The number of rotatable bonds is 7. The highest BCUT2D eigenvalue weighted by atomic mass is 32.2. The molecule has 34 heavy (non-hydrogen) atoms. The fourth-order valence-electron chi connectivity index (χ4n) is 4.20. The number of ether oxygens (including phenoxy) is 1. The Hall–Kier alpha value is -3.39. The van der Waals surface area contributed by atoms with Gasteiger partial charge in [-0.3, -0.25) is 9.78 Å². The molecule has 4 rings (SSSR count). The van der Waals surface area contributed by atoms with E-state index in [0.717, 1.165) is 33.1 Å². The molecule has 0 saturated carbocycles. The average molecular weight is 477 g/mol. The van der Waals surface area contributed by atoms with Gasteiger partial charge in [0.15, 0.2) is 5.17 Å². The number of benzene rings is 1. The largest absolute Gasteiger partial charge is 0.463 e. The van der Waals surface area contributed by atoms with Crippen molar-refractivity contribution in [3.05, 3.63) is 87.4 Å². The second kappa shape index (κ2) is 10.3. The lowest BCUT2D eigenvalue weighted by atomic mass is 9.90. The lowest BCUT2D eigenvalue weighted by Crippen LogP contribution is -2.38.